The molecule has 0 aliphatic carbocycles. The number of carbonyl (C=O) groups excluding carboxylic acids is 3. The normalized spacial score (nSPS) is 20.5. The van der Waals surface area contributed by atoms with E-state index in [1.54, 1.807) is 15.9 Å². The summed E-state index contributed by atoms with van der Waals surface area (Å²) < 4.78 is 11.4. The van der Waals surface area contributed by atoms with Crippen molar-refractivity contribution in [2.45, 2.75) is 38.5 Å². The molecule has 2 fully saturated rings. The maximum Gasteiger partial charge on any atom is 0.255 e. The second-order valence-electron chi connectivity index (χ2n) is 8.91. The first-order valence-corrected chi connectivity index (χ1v) is 11.9. The maximum atomic E-state index is 13.1. The SMILES string of the molecule is O=C1NCCCCC1N1Cc2c(OCc3ccc(C(=O)N4CCOCC4)cc3)cccc2C1=O. The van der Waals surface area contributed by atoms with E-state index >= 15 is 0 Å². The molecule has 2 aromatic carbocycles. The lowest BCUT2D eigenvalue weighted by molar-refractivity contribution is -0.125. The van der Waals surface area contributed by atoms with Crippen LogP contribution in [0.5, 0.6) is 5.75 Å². The Morgan fingerprint density at radius 3 is 2.65 bits per heavy atom. The third-order valence-electron chi connectivity index (χ3n) is 6.73. The maximum absolute atomic E-state index is 13.1. The topological polar surface area (TPSA) is 88.2 Å². The highest BCUT2D eigenvalue weighted by Crippen LogP contribution is 2.33. The number of fused-ring (bicyclic) bond motifs is 1. The van der Waals surface area contributed by atoms with Crippen LogP contribution in [-0.4, -0.2) is 66.4 Å². The van der Waals surface area contributed by atoms with Crippen LogP contribution in [0.25, 0.3) is 0 Å². The molecule has 3 aliphatic heterocycles. The van der Waals surface area contributed by atoms with E-state index in [0.717, 1.165) is 24.0 Å². The van der Waals surface area contributed by atoms with Gasteiger partial charge in [-0.2, -0.15) is 0 Å². The molecule has 3 aliphatic rings. The molecule has 34 heavy (non-hydrogen) atoms. The Bertz CT molecular complexity index is 1080. The number of amides is 3. The number of nitrogens with zero attached hydrogens (tertiary/aromatic N) is 2. The first-order valence-electron chi connectivity index (χ1n) is 11.9. The summed E-state index contributed by atoms with van der Waals surface area (Å²) in [4.78, 5) is 41.7. The largest absolute Gasteiger partial charge is 0.489 e. The highest BCUT2D eigenvalue weighted by atomic mass is 16.5. The Kier molecular flexibility index (Phi) is 6.49. The lowest BCUT2D eigenvalue weighted by Crippen LogP contribution is -2.45. The average Bonchev–Trinajstić information content (AvgIpc) is 3.06. The Morgan fingerprint density at radius 2 is 1.85 bits per heavy atom. The van der Waals surface area contributed by atoms with Gasteiger partial charge in [0.25, 0.3) is 11.8 Å². The van der Waals surface area contributed by atoms with Gasteiger partial charge in [0.15, 0.2) is 0 Å². The van der Waals surface area contributed by atoms with Gasteiger partial charge in [-0.05, 0) is 49.1 Å². The fourth-order valence-corrected chi connectivity index (χ4v) is 4.79. The number of morpholine rings is 1. The highest BCUT2D eigenvalue weighted by Gasteiger charge is 2.38. The summed E-state index contributed by atoms with van der Waals surface area (Å²) in [5.74, 6) is 0.468. The lowest BCUT2D eigenvalue weighted by atomic mass is 10.1. The van der Waals surface area contributed by atoms with Gasteiger partial charge in [-0.3, -0.25) is 14.4 Å². The quantitative estimate of drug-likeness (QED) is 0.736. The third-order valence-corrected chi connectivity index (χ3v) is 6.73. The Hall–Kier alpha value is -3.39. The second kappa shape index (κ2) is 9.85. The molecule has 0 spiro atoms. The lowest BCUT2D eigenvalue weighted by Gasteiger charge is -2.26. The first kappa shape index (κ1) is 22.4. The van der Waals surface area contributed by atoms with Gasteiger partial charge in [0, 0.05) is 36.3 Å². The predicted octanol–water partition coefficient (Wildman–Crippen LogP) is 2.36. The van der Waals surface area contributed by atoms with E-state index in [9.17, 15) is 14.4 Å². The van der Waals surface area contributed by atoms with Crippen LogP contribution in [0, 0.1) is 0 Å². The van der Waals surface area contributed by atoms with E-state index < -0.39 is 6.04 Å². The fourth-order valence-electron chi connectivity index (χ4n) is 4.79. The van der Waals surface area contributed by atoms with E-state index in [-0.39, 0.29) is 17.7 Å². The summed E-state index contributed by atoms with van der Waals surface area (Å²) in [6.45, 7) is 3.72. The van der Waals surface area contributed by atoms with Crippen LogP contribution in [-0.2, 0) is 22.7 Å². The van der Waals surface area contributed by atoms with Crippen molar-refractivity contribution in [3.05, 3.63) is 64.7 Å². The van der Waals surface area contributed by atoms with Crippen LogP contribution in [0.3, 0.4) is 0 Å². The van der Waals surface area contributed by atoms with Crippen LogP contribution in [0.1, 0.15) is 51.1 Å². The van der Waals surface area contributed by atoms with Crippen molar-refractivity contribution < 1.29 is 23.9 Å². The Labute approximate surface area is 198 Å². The minimum atomic E-state index is -0.438. The van der Waals surface area contributed by atoms with Gasteiger partial charge < -0.3 is 24.6 Å². The van der Waals surface area contributed by atoms with Gasteiger partial charge in [-0.25, -0.2) is 0 Å². The molecule has 8 heteroatoms. The van der Waals surface area contributed by atoms with E-state index in [1.165, 1.54) is 0 Å². The summed E-state index contributed by atoms with van der Waals surface area (Å²) in [5.41, 5.74) is 3.00. The van der Waals surface area contributed by atoms with Gasteiger partial charge in [-0.1, -0.05) is 18.2 Å². The molecule has 0 saturated carbocycles. The molecule has 3 heterocycles. The van der Waals surface area contributed by atoms with E-state index in [2.05, 4.69) is 5.32 Å². The standard InChI is InChI=1S/C26H29N3O5/c30-24-22(5-1-2-11-27-24)29-16-21-20(26(29)32)4-3-6-23(21)34-17-18-7-9-19(10-8-18)25(31)28-12-14-33-15-13-28/h3-4,6-10,22H,1-2,5,11-17H2,(H,27,30). The number of carbonyl (C=O) groups is 3. The minimum Gasteiger partial charge on any atom is -0.489 e. The van der Waals surface area contributed by atoms with Crippen molar-refractivity contribution in [3.8, 4) is 5.75 Å². The summed E-state index contributed by atoms with van der Waals surface area (Å²) >= 11 is 0. The van der Waals surface area contributed by atoms with Crippen molar-refractivity contribution >= 4 is 17.7 Å². The zero-order valence-corrected chi connectivity index (χ0v) is 19.1. The molecule has 1 N–H and O–H groups in total. The molecule has 0 radical (unpaired) electrons. The molecule has 2 saturated heterocycles. The number of ether oxygens (including phenoxy) is 2. The van der Waals surface area contributed by atoms with Crippen molar-refractivity contribution in [2.24, 2.45) is 0 Å². The number of nitrogens with one attached hydrogen (secondary N) is 1. The monoisotopic (exact) mass is 463 g/mol. The summed E-state index contributed by atoms with van der Waals surface area (Å²) in [6.07, 6.45) is 2.52. The molecule has 1 atom stereocenters. The van der Waals surface area contributed by atoms with Crippen molar-refractivity contribution in [1.29, 1.82) is 0 Å². The zero-order valence-electron chi connectivity index (χ0n) is 19.1. The Morgan fingerprint density at radius 1 is 1.06 bits per heavy atom. The van der Waals surface area contributed by atoms with Crippen LogP contribution < -0.4 is 10.1 Å². The van der Waals surface area contributed by atoms with Crippen molar-refractivity contribution in [2.75, 3.05) is 32.8 Å². The fraction of sp³-hybridized carbons (Fsp3) is 0.423. The second-order valence-corrected chi connectivity index (χ2v) is 8.91. The van der Waals surface area contributed by atoms with Gasteiger partial charge >= 0.3 is 0 Å². The molecule has 3 amide bonds. The zero-order chi connectivity index (χ0) is 23.5. The third kappa shape index (κ3) is 4.50. The van der Waals surface area contributed by atoms with E-state index in [1.807, 2.05) is 36.4 Å². The molecule has 2 aromatic rings. The van der Waals surface area contributed by atoms with Gasteiger partial charge in [0.1, 0.15) is 18.4 Å². The molecule has 8 nitrogen and oxygen atoms in total. The van der Waals surface area contributed by atoms with Gasteiger partial charge in [0.05, 0.1) is 19.8 Å². The van der Waals surface area contributed by atoms with Crippen molar-refractivity contribution in [3.63, 3.8) is 0 Å². The summed E-state index contributed by atoms with van der Waals surface area (Å²) in [5, 5.41) is 2.92. The van der Waals surface area contributed by atoms with Crippen LogP contribution in [0.2, 0.25) is 0 Å². The summed E-state index contributed by atoms with van der Waals surface area (Å²) in [6, 6.07) is 12.5. The smallest absolute Gasteiger partial charge is 0.255 e. The molecular weight excluding hydrogens is 434 g/mol. The highest BCUT2D eigenvalue weighted by molar-refractivity contribution is 6.01. The molecular formula is C26H29N3O5. The minimum absolute atomic E-state index is 0.0119. The molecule has 1 unspecified atom stereocenters. The number of rotatable bonds is 5. The molecule has 0 aromatic heterocycles. The van der Waals surface area contributed by atoms with Crippen LogP contribution in [0.4, 0.5) is 0 Å². The molecule has 5 rings (SSSR count). The Balaban J connectivity index is 1.25. The number of benzene rings is 2. The molecule has 178 valence electrons. The van der Waals surface area contributed by atoms with Gasteiger partial charge in [0.2, 0.25) is 5.91 Å². The van der Waals surface area contributed by atoms with Gasteiger partial charge in [-0.15, -0.1) is 0 Å². The predicted molar refractivity (Wildman–Crippen MR) is 124 cm³/mol. The summed E-state index contributed by atoms with van der Waals surface area (Å²) in [7, 11) is 0. The van der Waals surface area contributed by atoms with E-state index in [4.69, 9.17) is 9.47 Å². The van der Waals surface area contributed by atoms with Crippen LogP contribution >= 0.6 is 0 Å². The van der Waals surface area contributed by atoms with Crippen LogP contribution in [0.15, 0.2) is 42.5 Å². The first-order chi connectivity index (χ1) is 16.6. The average molecular weight is 464 g/mol. The molecule has 0 bridgehead atoms. The number of hydrogen-bond acceptors (Lipinski definition) is 5. The van der Waals surface area contributed by atoms with E-state index in [0.29, 0.717) is 69.3 Å². The number of hydrogen-bond donors (Lipinski definition) is 1. The van der Waals surface area contributed by atoms with Crippen molar-refractivity contribution in [1.82, 2.24) is 15.1 Å².